The van der Waals surface area contributed by atoms with Crippen molar-refractivity contribution in [3.05, 3.63) is 76.5 Å². The zero-order valence-electron chi connectivity index (χ0n) is 18.6. The smallest absolute Gasteiger partial charge is 0.269 e. The average molecular weight is 465 g/mol. The minimum Gasteiger partial charge on any atom is -0.351 e. The highest BCUT2D eigenvalue weighted by Gasteiger charge is 2.21. The zero-order valence-corrected chi connectivity index (χ0v) is 18.6. The largest absolute Gasteiger partial charge is 0.351 e. The van der Waals surface area contributed by atoms with E-state index in [1.165, 1.54) is 12.1 Å². The van der Waals surface area contributed by atoms with Gasteiger partial charge < -0.3 is 22.1 Å². The van der Waals surface area contributed by atoms with Crippen molar-refractivity contribution in [1.29, 1.82) is 0 Å². The number of carbonyl (C=O) groups excluding carboxylic acids is 2. The lowest BCUT2D eigenvalue weighted by Gasteiger charge is -2.21. The summed E-state index contributed by atoms with van der Waals surface area (Å²) in [6.07, 6.45) is 2.90. The number of nitro benzene ring substituents is 1. The predicted octanol–water partition coefficient (Wildman–Crippen LogP) is 2.27. The first-order chi connectivity index (χ1) is 16.4. The fraction of sp³-hybridized carbons (Fsp3) is 0.292. The van der Waals surface area contributed by atoms with Crippen molar-refractivity contribution in [2.45, 2.75) is 37.8 Å². The highest BCUT2D eigenvalue weighted by molar-refractivity contribution is 5.93. The molecule has 0 aliphatic carbocycles. The number of pyridine rings is 1. The number of fused-ring (bicyclic) bond motifs is 1. The fourth-order valence-electron chi connectivity index (χ4n) is 3.56. The molecule has 10 nitrogen and oxygen atoms in total. The molecule has 1 heterocycles. The van der Waals surface area contributed by atoms with Gasteiger partial charge in [0.05, 0.1) is 28.4 Å². The number of para-hydroxylation sites is 1. The van der Waals surface area contributed by atoms with Gasteiger partial charge in [-0.1, -0.05) is 30.3 Å². The summed E-state index contributed by atoms with van der Waals surface area (Å²) in [6.45, 7) is 0.426. The second-order valence-electron chi connectivity index (χ2n) is 8.04. The van der Waals surface area contributed by atoms with Gasteiger partial charge in [0.1, 0.15) is 0 Å². The van der Waals surface area contributed by atoms with E-state index in [0.717, 1.165) is 16.5 Å². The number of non-ortho nitro benzene ring substituents is 1. The van der Waals surface area contributed by atoms with Crippen LogP contribution in [0.3, 0.4) is 0 Å². The lowest BCUT2D eigenvalue weighted by atomic mass is 10.0. The minimum atomic E-state index is -0.740. The van der Waals surface area contributed by atoms with E-state index in [0.29, 0.717) is 31.5 Å². The van der Waals surface area contributed by atoms with E-state index in [1.807, 2.05) is 30.3 Å². The van der Waals surface area contributed by atoms with Gasteiger partial charge in [-0.15, -0.1) is 0 Å². The molecule has 0 saturated heterocycles. The molecule has 0 bridgehead atoms. The van der Waals surface area contributed by atoms with Gasteiger partial charge in [-0.05, 0) is 43.5 Å². The summed E-state index contributed by atoms with van der Waals surface area (Å²) < 4.78 is 0. The number of carbonyl (C=O) groups is 2. The molecule has 6 N–H and O–H groups in total. The Kier molecular flexibility index (Phi) is 8.60. The van der Waals surface area contributed by atoms with Crippen molar-refractivity contribution < 1.29 is 14.5 Å². The number of amides is 2. The molecule has 0 spiro atoms. The normalized spacial score (nSPS) is 12.6. The van der Waals surface area contributed by atoms with E-state index in [1.54, 1.807) is 18.3 Å². The van der Waals surface area contributed by atoms with Gasteiger partial charge in [0.15, 0.2) is 0 Å². The number of aromatic nitrogens is 1. The van der Waals surface area contributed by atoms with E-state index in [9.17, 15) is 19.7 Å². The summed E-state index contributed by atoms with van der Waals surface area (Å²) in [5, 5.41) is 17.5. The van der Waals surface area contributed by atoms with E-state index in [4.69, 9.17) is 11.5 Å². The van der Waals surface area contributed by atoms with Gasteiger partial charge in [-0.3, -0.25) is 24.7 Å². The Bertz CT molecular complexity index is 1150. The molecule has 2 aromatic carbocycles. The van der Waals surface area contributed by atoms with Crippen LogP contribution in [0, 0.1) is 10.1 Å². The van der Waals surface area contributed by atoms with Crippen molar-refractivity contribution in [2.75, 3.05) is 11.9 Å². The molecule has 3 aromatic rings. The van der Waals surface area contributed by atoms with E-state index < -0.39 is 17.0 Å². The molecular formula is C24H28N6O4. The Morgan fingerprint density at radius 1 is 1.12 bits per heavy atom. The molecule has 0 radical (unpaired) electrons. The number of hydrogen-bond acceptors (Lipinski definition) is 7. The van der Waals surface area contributed by atoms with E-state index >= 15 is 0 Å². The van der Waals surface area contributed by atoms with Crippen molar-refractivity contribution in [1.82, 2.24) is 10.3 Å². The number of hydrogen-bond donors (Lipinski definition) is 4. The van der Waals surface area contributed by atoms with Gasteiger partial charge in [0.2, 0.25) is 11.8 Å². The van der Waals surface area contributed by atoms with Crippen LogP contribution < -0.4 is 22.1 Å². The monoisotopic (exact) mass is 464 g/mol. The Hall–Kier alpha value is -3.89. The third kappa shape index (κ3) is 7.06. The molecule has 0 unspecified atom stereocenters. The Morgan fingerprint density at radius 2 is 1.85 bits per heavy atom. The first kappa shape index (κ1) is 24.7. The fourth-order valence-corrected chi connectivity index (χ4v) is 3.56. The highest BCUT2D eigenvalue weighted by atomic mass is 16.6. The quantitative estimate of drug-likeness (QED) is 0.249. The molecular weight excluding hydrogens is 436 g/mol. The standard InChI is InChI=1S/C24H28N6O4/c25-11-3-5-21(26)24(32)29-18(12-16-7-9-20(10-8-16)30(33)34)14-23(31)28-19-13-17-4-1-2-6-22(17)27-15-19/h1-2,4,6-10,13,15,18,21H,3,5,11-12,14,25-26H2,(H,28,31)(H,29,32)/t18-,21-/m0/s1. The summed E-state index contributed by atoms with van der Waals surface area (Å²) in [7, 11) is 0. The number of rotatable bonds is 11. The lowest BCUT2D eigenvalue weighted by molar-refractivity contribution is -0.384. The van der Waals surface area contributed by atoms with Crippen molar-refractivity contribution in [3.8, 4) is 0 Å². The van der Waals surface area contributed by atoms with Crippen LogP contribution in [0.4, 0.5) is 11.4 Å². The number of nitrogens with zero attached hydrogens (tertiary/aromatic N) is 2. The maximum atomic E-state index is 12.8. The predicted molar refractivity (Wildman–Crippen MR) is 130 cm³/mol. The Balaban J connectivity index is 1.70. The summed E-state index contributed by atoms with van der Waals surface area (Å²) in [5.74, 6) is -0.680. The van der Waals surface area contributed by atoms with Crippen LogP contribution in [0.1, 0.15) is 24.8 Å². The molecule has 2 amide bonds. The zero-order chi connectivity index (χ0) is 24.5. The van der Waals surface area contributed by atoms with Crippen molar-refractivity contribution in [3.63, 3.8) is 0 Å². The van der Waals surface area contributed by atoms with Crippen LogP contribution >= 0.6 is 0 Å². The van der Waals surface area contributed by atoms with Gasteiger partial charge in [0, 0.05) is 30.0 Å². The van der Waals surface area contributed by atoms with Gasteiger partial charge in [-0.2, -0.15) is 0 Å². The molecule has 1 aromatic heterocycles. The van der Waals surface area contributed by atoms with Gasteiger partial charge in [0.25, 0.3) is 5.69 Å². The molecule has 0 saturated carbocycles. The molecule has 2 atom stereocenters. The summed E-state index contributed by atoms with van der Waals surface area (Å²) in [6, 6.07) is 14.1. The molecule has 3 rings (SSSR count). The number of benzene rings is 2. The minimum absolute atomic E-state index is 0.0147. The second kappa shape index (κ2) is 11.8. The third-order valence-corrected chi connectivity index (χ3v) is 5.34. The molecule has 178 valence electrons. The molecule has 0 aliphatic rings. The molecule has 0 aliphatic heterocycles. The number of nitrogens with one attached hydrogen (secondary N) is 2. The second-order valence-corrected chi connectivity index (χ2v) is 8.04. The highest BCUT2D eigenvalue weighted by Crippen LogP contribution is 2.18. The summed E-state index contributed by atoms with van der Waals surface area (Å²) >= 11 is 0. The number of anilines is 1. The first-order valence-corrected chi connectivity index (χ1v) is 11.0. The number of nitrogens with two attached hydrogens (primary N) is 2. The maximum Gasteiger partial charge on any atom is 0.269 e. The maximum absolute atomic E-state index is 12.8. The average Bonchev–Trinajstić information content (AvgIpc) is 2.82. The van der Waals surface area contributed by atoms with Gasteiger partial charge >= 0.3 is 0 Å². The molecule has 10 heteroatoms. The first-order valence-electron chi connectivity index (χ1n) is 11.0. The summed E-state index contributed by atoms with van der Waals surface area (Å²) in [5.41, 5.74) is 13.5. The van der Waals surface area contributed by atoms with E-state index in [-0.39, 0.29) is 23.9 Å². The van der Waals surface area contributed by atoms with Crippen LogP contribution in [-0.4, -0.2) is 40.4 Å². The van der Waals surface area contributed by atoms with Crippen LogP contribution in [0.15, 0.2) is 60.8 Å². The topological polar surface area (TPSA) is 166 Å². The van der Waals surface area contributed by atoms with Crippen molar-refractivity contribution >= 4 is 34.1 Å². The van der Waals surface area contributed by atoms with Crippen molar-refractivity contribution in [2.24, 2.45) is 11.5 Å². The Labute approximate surface area is 196 Å². The van der Waals surface area contributed by atoms with Crippen LogP contribution in [-0.2, 0) is 16.0 Å². The van der Waals surface area contributed by atoms with Gasteiger partial charge in [-0.25, -0.2) is 0 Å². The van der Waals surface area contributed by atoms with Crippen LogP contribution in [0.25, 0.3) is 10.9 Å². The summed E-state index contributed by atoms with van der Waals surface area (Å²) in [4.78, 5) is 40.1. The number of nitro groups is 1. The third-order valence-electron chi connectivity index (χ3n) is 5.34. The lowest BCUT2D eigenvalue weighted by Crippen LogP contribution is -2.47. The SMILES string of the molecule is NCCC[C@H](N)C(=O)N[C@H](CC(=O)Nc1cnc2ccccc2c1)Cc1ccc([N+](=O)[O-])cc1. The van der Waals surface area contributed by atoms with E-state index in [2.05, 4.69) is 15.6 Å². The van der Waals surface area contributed by atoms with Crippen LogP contribution in [0.5, 0.6) is 0 Å². The van der Waals surface area contributed by atoms with Crippen LogP contribution in [0.2, 0.25) is 0 Å². The molecule has 0 fully saturated rings. The Morgan fingerprint density at radius 3 is 2.56 bits per heavy atom. The molecule has 34 heavy (non-hydrogen) atoms.